The summed E-state index contributed by atoms with van der Waals surface area (Å²) in [7, 11) is -1.95. The molecule has 1 heterocycles. The zero-order valence-corrected chi connectivity index (χ0v) is 11.3. The number of benzene rings is 1. The van der Waals surface area contributed by atoms with Crippen LogP contribution in [-0.4, -0.2) is 24.7 Å². The predicted molar refractivity (Wildman–Crippen MR) is 74.5 cm³/mol. The molecule has 0 saturated carbocycles. The number of phenols is 1. The second kappa shape index (κ2) is 3.52. The van der Waals surface area contributed by atoms with E-state index in [0.717, 1.165) is 21.8 Å². The predicted octanol–water partition coefficient (Wildman–Crippen LogP) is 2.00. The number of rotatable bonds is 0. The van der Waals surface area contributed by atoms with Crippen molar-refractivity contribution < 1.29 is 9.90 Å². The number of hydrogen-bond donors (Lipinski definition) is 1. The average molecular weight is 255 g/mol. The minimum absolute atomic E-state index is 0.0214. The van der Waals surface area contributed by atoms with Crippen LogP contribution in [0.15, 0.2) is 46.6 Å². The summed E-state index contributed by atoms with van der Waals surface area (Å²) in [6.45, 7) is 4.36. The fourth-order valence-electron chi connectivity index (χ4n) is 2.51. The van der Waals surface area contributed by atoms with E-state index in [9.17, 15) is 9.90 Å². The quantitative estimate of drug-likeness (QED) is 0.569. The highest BCUT2D eigenvalue weighted by atomic mass is 28.3. The number of allylic oxidation sites excluding steroid dienone is 4. The van der Waals surface area contributed by atoms with E-state index in [-0.39, 0.29) is 11.5 Å². The molecule has 0 bridgehead atoms. The third kappa shape index (κ3) is 1.49. The van der Waals surface area contributed by atoms with Crippen molar-refractivity contribution in [2.75, 3.05) is 0 Å². The van der Waals surface area contributed by atoms with E-state index in [1.54, 1.807) is 30.4 Å². The topological polar surface area (TPSA) is 49.7 Å². The molecule has 0 fully saturated rings. The molecular weight excluding hydrogens is 242 g/mol. The van der Waals surface area contributed by atoms with Crippen molar-refractivity contribution in [3.8, 4) is 5.75 Å². The highest BCUT2D eigenvalue weighted by Crippen LogP contribution is 2.31. The summed E-state index contributed by atoms with van der Waals surface area (Å²) >= 11 is 0. The first-order valence-electron chi connectivity index (χ1n) is 5.85. The van der Waals surface area contributed by atoms with E-state index < -0.39 is 8.07 Å². The summed E-state index contributed by atoms with van der Waals surface area (Å²) in [6.07, 6.45) is 5.04. The van der Waals surface area contributed by atoms with Gasteiger partial charge in [0.2, 0.25) is 0 Å². The van der Waals surface area contributed by atoms with Gasteiger partial charge in [0.1, 0.15) is 5.75 Å². The van der Waals surface area contributed by atoms with E-state index in [0.29, 0.717) is 0 Å². The number of fused-ring (bicyclic) bond motifs is 2. The number of ketones is 1. The summed E-state index contributed by atoms with van der Waals surface area (Å²) in [6, 6.07) is 5.28. The number of carbonyl (C=O) groups excluding carboxylic acids is 1. The van der Waals surface area contributed by atoms with Crippen LogP contribution in [0, 0.1) is 0 Å². The Morgan fingerprint density at radius 3 is 2.78 bits per heavy atom. The summed E-state index contributed by atoms with van der Waals surface area (Å²) in [5.74, 6) is 0.277. The monoisotopic (exact) mass is 255 g/mol. The Balaban J connectivity index is 2.30. The van der Waals surface area contributed by atoms with Gasteiger partial charge in [0.05, 0.1) is 0 Å². The van der Waals surface area contributed by atoms with Crippen LogP contribution in [0.1, 0.15) is 0 Å². The van der Waals surface area contributed by atoms with Crippen molar-refractivity contribution in [1.82, 2.24) is 0 Å². The molecule has 4 heteroatoms. The van der Waals surface area contributed by atoms with Crippen LogP contribution in [0.5, 0.6) is 5.75 Å². The molecule has 1 aromatic carbocycles. The molecule has 2 aliphatic rings. The highest BCUT2D eigenvalue weighted by Gasteiger charge is 2.27. The molecule has 0 atom stereocenters. The number of hydrogen-bond acceptors (Lipinski definition) is 3. The van der Waals surface area contributed by atoms with Crippen LogP contribution in [0.2, 0.25) is 13.1 Å². The molecule has 1 aliphatic heterocycles. The molecule has 91 valence electrons. The second-order valence-corrected chi connectivity index (χ2v) is 9.44. The molecule has 1 aliphatic carbocycles. The Morgan fingerprint density at radius 2 is 2.00 bits per heavy atom. The van der Waals surface area contributed by atoms with Gasteiger partial charge in [-0.05, 0) is 36.4 Å². The van der Waals surface area contributed by atoms with E-state index in [1.807, 2.05) is 6.07 Å². The molecule has 3 nitrogen and oxygen atoms in total. The lowest BCUT2D eigenvalue weighted by Crippen LogP contribution is -2.49. The van der Waals surface area contributed by atoms with Crippen LogP contribution in [0.4, 0.5) is 5.69 Å². The first kappa shape index (κ1) is 11.2. The van der Waals surface area contributed by atoms with Crippen LogP contribution >= 0.6 is 0 Å². The van der Waals surface area contributed by atoms with Gasteiger partial charge < -0.3 is 5.11 Å². The van der Waals surface area contributed by atoms with E-state index in [1.165, 1.54) is 0 Å². The standard InChI is InChI=1S/C14H13NO2Si/c1-18(2)13-7-9(16)3-5-11(13)15-12-6-4-10(17)8-14(12)18/h3-8,16H,1-2H3/q-1. The van der Waals surface area contributed by atoms with Crippen molar-refractivity contribution in [2.45, 2.75) is 13.1 Å². The van der Waals surface area contributed by atoms with E-state index in [2.05, 4.69) is 18.1 Å². The van der Waals surface area contributed by atoms with Crippen molar-refractivity contribution in [1.29, 1.82) is 0 Å². The van der Waals surface area contributed by atoms with E-state index >= 15 is 0 Å². The number of aromatic hydroxyl groups is 1. The van der Waals surface area contributed by atoms with Gasteiger partial charge in [-0.25, -0.2) is 0 Å². The van der Waals surface area contributed by atoms with Crippen molar-refractivity contribution >= 4 is 30.4 Å². The molecule has 0 aromatic heterocycles. The minimum atomic E-state index is -1.95. The third-order valence-corrected chi connectivity index (χ3v) is 7.03. The molecule has 0 spiro atoms. The number of phenolic OH excluding ortho intramolecular Hbond substituents is 1. The fraction of sp³-hybridized carbons (Fsp3) is 0.143. The zero-order chi connectivity index (χ0) is 12.9. The molecule has 1 N–H and O–H groups in total. The van der Waals surface area contributed by atoms with Crippen LogP contribution < -0.4 is 5.19 Å². The Hall–Kier alpha value is -1.94. The normalized spacial score (nSPS) is 19.8. The molecule has 0 unspecified atom stereocenters. The maximum Gasteiger partial charge on any atom is 0.176 e. The van der Waals surface area contributed by atoms with Crippen LogP contribution in [0.25, 0.3) is 0 Å². The number of aliphatic imine (C=N–C) groups is 1. The lowest BCUT2D eigenvalue weighted by atomic mass is 10.1. The SMILES string of the molecule is C[Si-]1(C)C2=CC(=O)C=CC2=Nc2ccc(O)cc21. The molecule has 1 aromatic rings. The Kier molecular flexibility index (Phi) is 2.19. The lowest BCUT2D eigenvalue weighted by molar-refractivity contribution is -0.110. The van der Waals surface area contributed by atoms with E-state index in [4.69, 9.17) is 0 Å². The average Bonchev–Trinajstić information content (AvgIpc) is 2.32. The van der Waals surface area contributed by atoms with Gasteiger partial charge in [-0.1, -0.05) is 8.07 Å². The minimum Gasteiger partial charge on any atom is -0.508 e. The van der Waals surface area contributed by atoms with Gasteiger partial charge in [0.15, 0.2) is 5.78 Å². The first-order valence-corrected chi connectivity index (χ1v) is 8.85. The Bertz CT molecular complexity index is 654. The first-order chi connectivity index (χ1) is 8.48. The molecular formula is C14H13NO2Si-. The summed E-state index contributed by atoms with van der Waals surface area (Å²) in [5.41, 5.74) is 1.81. The smallest absolute Gasteiger partial charge is 0.176 e. The molecule has 3 rings (SSSR count). The largest absolute Gasteiger partial charge is 0.508 e. The van der Waals surface area contributed by atoms with Gasteiger partial charge in [0, 0.05) is 11.4 Å². The molecule has 0 radical (unpaired) electrons. The lowest BCUT2D eigenvalue weighted by Gasteiger charge is -2.43. The van der Waals surface area contributed by atoms with Gasteiger partial charge in [-0.15, -0.1) is 0 Å². The van der Waals surface area contributed by atoms with Gasteiger partial charge in [-0.2, -0.15) is 23.5 Å². The Labute approximate surface area is 106 Å². The van der Waals surface area contributed by atoms with Crippen LogP contribution in [0.3, 0.4) is 0 Å². The molecule has 0 saturated heterocycles. The van der Waals surface area contributed by atoms with Crippen molar-refractivity contribution in [3.63, 3.8) is 0 Å². The maximum atomic E-state index is 11.5. The molecule has 18 heavy (non-hydrogen) atoms. The van der Waals surface area contributed by atoms with Crippen LogP contribution in [-0.2, 0) is 4.79 Å². The summed E-state index contributed by atoms with van der Waals surface area (Å²) < 4.78 is 0. The number of nitrogens with zero attached hydrogens (tertiary/aromatic N) is 1. The maximum absolute atomic E-state index is 11.5. The van der Waals surface area contributed by atoms with Crippen molar-refractivity contribution in [3.05, 3.63) is 41.6 Å². The highest BCUT2D eigenvalue weighted by molar-refractivity contribution is 7.01. The van der Waals surface area contributed by atoms with Gasteiger partial charge in [-0.3, -0.25) is 9.79 Å². The Morgan fingerprint density at radius 1 is 1.22 bits per heavy atom. The summed E-state index contributed by atoms with van der Waals surface area (Å²) in [5, 5.41) is 11.8. The molecule has 0 amide bonds. The second-order valence-electron chi connectivity index (χ2n) is 5.12. The van der Waals surface area contributed by atoms with Gasteiger partial charge >= 0.3 is 0 Å². The summed E-state index contributed by atoms with van der Waals surface area (Å²) in [4.78, 5) is 16.1. The third-order valence-electron chi connectivity index (χ3n) is 3.54. The number of carbonyl (C=O) groups is 1. The fourth-order valence-corrected chi connectivity index (χ4v) is 5.37. The zero-order valence-electron chi connectivity index (χ0n) is 10.3. The van der Waals surface area contributed by atoms with Crippen molar-refractivity contribution in [2.24, 2.45) is 4.99 Å². The van der Waals surface area contributed by atoms with Gasteiger partial charge in [0.25, 0.3) is 0 Å².